The minimum absolute atomic E-state index is 0.304. The van der Waals surface area contributed by atoms with Crippen LogP contribution in [0.3, 0.4) is 0 Å². The van der Waals surface area contributed by atoms with Gasteiger partial charge in [0.1, 0.15) is 5.82 Å². The molecular formula is C17H26FNO. The van der Waals surface area contributed by atoms with Gasteiger partial charge in [0.2, 0.25) is 0 Å². The highest BCUT2D eigenvalue weighted by atomic mass is 19.1. The summed E-state index contributed by atoms with van der Waals surface area (Å²) in [5.74, 6) is 0.578. The fourth-order valence-corrected chi connectivity index (χ4v) is 3.11. The first-order valence-electron chi connectivity index (χ1n) is 7.85. The second kappa shape index (κ2) is 7.75. The number of piperidine rings is 1. The molecular weight excluding hydrogens is 253 g/mol. The van der Waals surface area contributed by atoms with Gasteiger partial charge in [-0.2, -0.15) is 0 Å². The summed E-state index contributed by atoms with van der Waals surface area (Å²) in [5, 5.41) is 10.1. The maximum Gasteiger partial charge on any atom is 0.128 e. The van der Waals surface area contributed by atoms with Gasteiger partial charge in [-0.25, -0.2) is 4.39 Å². The molecule has 0 saturated carbocycles. The van der Waals surface area contributed by atoms with E-state index in [1.54, 1.807) is 18.2 Å². The van der Waals surface area contributed by atoms with Crippen molar-refractivity contribution in [2.45, 2.75) is 45.1 Å². The topological polar surface area (TPSA) is 23.5 Å². The number of rotatable bonds is 6. The molecule has 0 radical (unpaired) electrons. The van der Waals surface area contributed by atoms with E-state index in [0.717, 1.165) is 25.6 Å². The van der Waals surface area contributed by atoms with Gasteiger partial charge in [-0.15, -0.1) is 0 Å². The molecule has 112 valence electrons. The summed E-state index contributed by atoms with van der Waals surface area (Å²) in [4.78, 5) is 2.40. The average molecular weight is 279 g/mol. The van der Waals surface area contributed by atoms with Crippen molar-refractivity contribution in [1.29, 1.82) is 0 Å². The minimum atomic E-state index is -0.690. The van der Waals surface area contributed by atoms with Gasteiger partial charge in [0.15, 0.2) is 0 Å². The number of benzene rings is 1. The minimum Gasteiger partial charge on any atom is -0.388 e. The zero-order valence-corrected chi connectivity index (χ0v) is 12.4. The van der Waals surface area contributed by atoms with Crippen molar-refractivity contribution in [3.63, 3.8) is 0 Å². The molecule has 1 aliphatic rings. The van der Waals surface area contributed by atoms with E-state index in [-0.39, 0.29) is 5.82 Å². The summed E-state index contributed by atoms with van der Waals surface area (Å²) in [6.45, 7) is 5.34. The largest absolute Gasteiger partial charge is 0.388 e. The Morgan fingerprint density at radius 3 is 2.65 bits per heavy atom. The summed E-state index contributed by atoms with van der Waals surface area (Å²) in [6, 6.07) is 6.52. The Morgan fingerprint density at radius 2 is 2.00 bits per heavy atom. The van der Waals surface area contributed by atoms with Crippen LogP contribution in [-0.4, -0.2) is 29.6 Å². The molecule has 1 saturated heterocycles. The fourth-order valence-electron chi connectivity index (χ4n) is 3.11. The normalized spacial score (nSPS) is 19.1. The quantitative estimate of drug-likeness (QED) is 0.857. The maximum absolute atomic E-state index is 13.6. The molecule has 0 spiro atoms. The van der Waals surface area contributed by atoms with E-state index in [1.807, 2.05) is 0 Å². The second-order valence-corrected chi connectivity index (χ2v) is 5.90. The van der Waals surface area contributed by atoms with Gasteiger partial charge in [0.25, 0.3) is 0 Å². The van der Waals surface area contributed by atoms with Crippen LogP contribution in [0.1, 0.15) is 50.7 Å². The Balaban J connectivity index is 1.75. The summed E-state index contributed by atoms with van der Waals surface area (Å²) in [6.07, 6.45) is 5.07. The first-order valence-corrected chi connectivity index (χ1v) is 7.85. The lowest BCUT2D eigenvalue weighted by molar-refractivity contribution is 0.119. The van der Waals surface area contributed by atoms with Crippen LogP contribution in [0.15, 0.2) is 24.3 Å². The molecule has 1 fully saturated rings. The van der Waals surface area contributed by atoms with Crippen LogP contribution < -0.4 is 0 Å². The van der Waals surface area contributed by atoms with Gasteiger partial charge in [-0.1, -0.05) is 38.0 Å². The van der Waals surface area contributed by atoms with E-state index in [1.165, 1.54) is 31.7 Å². The lowest BCUT2D eigenvalue weighted by Gasteiger charge is -2.32. The van der Waals surface area contributed by atoms with Crippen LogP contribution in [0.25, 0.3) is 0 Å². The molecule has 1 aromatic carbocycles. The van der Waals surface area contributed by atoms with E-state index in [2.05, 4.69) is 11.8 Å². The Kier molecular flexibility index (Phi) is 5.99. The number of likely N-dealkylation sites (tertiary alicyclic amines) is 1. The lowest BCUT2D eigenvalue weighted by Crippen LogP contribution is -2.35. The van der Waals surface area contributed by atoms with Crippen molar-refractivity contribution in [1.82, 2.24) is 4.90 Å². The molecule has 0 aromatic heterocycles. The van der Waals surface area contributed by atoms with Crippen LogP contribution in [0.5, 0.6) is 0 Å². The van der Waals surface area contributed by atoms with Crippen molar-refractivity contribution in [2.75, 3.05) is 19.6 Å². The lowest BCUT2D eigenvalue weighted by atomic mass is 9.92. The van der Waals surface area contributed by atoms with E-state index in [4.69, 9.17) is 0 Å². The van der Waals surface area contributed by atoms with Crippen molar-refractivity contribution in [3.8, 4) is 0 Å². The summed E-state index contributed by atoms with van der Waals surface area (Å²) in [7, 11) is 0. The molecule has 0 aliphatic carbocycles. The number of hydrogen-bond donors (Lipinski definition) is 1. The molecule has 0 amide bonds. The molecule has 0 bridgehead atoms. The summed E-state index contributed by atoms with van der Waals surface area (Å²) < 4.78 is 13.6. The highest BCUT2D eigenvalue weighted by Gasteiger charge is 2.20. The Labute approximate surface area is 121 Å². The van der Waals surface area contributed by atoms with Crippen molar-refractivity contribution >= 4 is 0 Å². The second-order valence-electron chi connectivity index (χ2n) is 5.90. The zero-order chi connectivity index (χ0) is 14.4. The number of nitrogens with zero attached hydrogens (tertiary/aromatic N) is 1. The molecule has 1 aliphatic heterocycles. The van der Waals surface area contributed by atoms with Crippen LogP contribution >= 0.6 is 0 Å². The molecule has 1 unspecified atom stereocenters. The third-order valence-electron chi connectivity index (χ3n) is 4.39. The van der Waals surface area contributed by atoms with Crippen LogP contribution in [0.2, 0.25) is 0 Å². The molecule has 1 aromatic rings. The highest BCUT2D eigenvalue weighted by Crippen LogP contribution is 2.24. The molecule has 1 atom stereocenters. The first kappa shape index (κ1) is 15.5. The fraction of sp³-hybridized carbons (Fsp3) is 0.647. The molecule has 2 rings (SSSR count). The van der Waals surface area contributed by atoms with Gasteiger partial charge in [0, 0.05) is 12.1 Å². The van der Waals surface area contributed by atoms with E-state index in [0.29, 0.717) is 12.0 Å². The van der Waals surface area contributed by atoms with Gasteiger partial charge >= 0.3 is 0 Å². The zero-order valence-electron chi connectivity index (χ0n) is 12.4. The number of halogens is 1. The number of aliphatic hydroxyl groups excluding tert-OH is 1. The SMILES string of the molecule is CCCC1CCN(CCC(O)c2ccccc2F)CC1. The molecule has 3 heteroatoms. The van der Waals surface area contributed by atoms with Gasteiger partial charge in [0.05, 0.1) is 6.10 Å². The van der Waals surface area contributed by atoms with Gasteiger partial charge in [-0.3, -0.25) is 0 Å². The average Bonchev–Trinajstić information content (AvgIpc) is 2.47. The summed E-state index contributed by atoms with van der Waals surface area (Å²) in [5.41, 5.74) is 0.424. The predicted molar refractivity (Wildman–Crippen MR) is 80.0 cm³/mol. The molecule has 2 nitrogen and oxygen atoms in total. The third-order valence-corrected chi connectivity index (χ3v) is 4.39. The van der Waals surface area contributed by atoms with Crippen molar-refractivity contribution < 1.29 is 9.50 Å². The third kappa shape index (κ3) is 4.29. The van der Waals surface area contributed by atoms with E-state index >= 15 is 0 Å². The standard InChI is InChI=1S/C17H26FNO/c1-2-5-14-8-11-19(12-9-14)13-10-17(20)15-6-3-4-7-16(15)18/h3-4,6-7,14,17,20H,2,5,8-13H2,1H3. The first-order chi connectivity index (χ1) is 9.70. The molecule has 20 heavy (non-hydrogen) atoms. The molecule has 1 heterocycles. The van der Waals surface area contributed by atoms with E-state index in [9.17, 15) is 9.50 Å². The Morgan fingerprint density at radius 1 is 1.30 bits per heavy atom. The predicted octanol–water partition coefficient (Wildman–Crippen LogP) is 3.76. The highest BCUT2D eigenvalue weighted by molar-refractivity contribution is 5.19. The maximum atomic E-state index is 13.6. The van der Waals surface area contributed by atoms with Crippen molar-refractivity contribution in [3.05, 3.63) is 35.6 Å². The Bertz CT molecular complexity index is 402. The van der Waals surface area contributed by atoms with Crippen LogP contribution in [-0.2, 0) is 0 Å². The van der Waals surface area contributed by atoms with Gasteiger partial charge < -0.3 is 10.0 Å². The summed E-state index contributed by atoms with van der Waals surface area (Å²) >= 11 is 0. The number of aliphatic hydroxyl groups is 1. The monoisotopic (exact) mass is 279 g/mol. The number of hydrogen-bond acceptors (Lipinski definition) is 2. The van der Waals surface area contributed by atoms with E-state index < -0.39 is 6.10 Å². The van der Waals surface area contributed by atoms with Crippen LogP contribution in [0, 0.1) is 11.7 Å². The van der Waals surface area contributed by atoms with Gasteiger partial charge in [-0.05, 0) is 44.3 Å². The van der Waals surface area contributed by atoms with Crippen molar-refractivity contribution in [2.24, 2.45) is 5.92 Å². The van der Waals surface area contributed by atoms with Crippen LogP contribution in [0.4, 0.5) is 4.39 Å². The molecule has 1 N–H and O–H groups in total. The Hall–Kier alpha value is -0.930. The smallest absolute Gasteiger partial charge is 0.128 e.